The topological polar surface area (TPSA) is 70.7 Å². The number of thioether (sulfide) groups is 2. The SMILES string of the molecule is CSc1cccc(NC(=O)CSc2n[nH]c(-c3ccccc3)n2)c1. The van der Waals surface area contributed by atoms with E-state index in [9.17, 15) is 4.79 Å². The number of H-pyrrole nitrogens is 1. The quantitative estimate of drug-likeness (QED) is 0.655. The van der Waals surface area contributed by atoms with Gasteiger partial charge in [-0.1, -0.05) is 48.2 Å². The van der Waals surface area contributed by atoms with E-state index in [0.717, 1.165) is 16.1 Å². The first-order chi connectivity index (χ1) is 11.7. The Morgan fingerprint density at radius 1 is 1.17 bits per heavy atom. The van der Waals surface area contributed by atoms with Crippen molar-refractivity contribution in [1.82, 2.24) is 15.2 Å². The molecule has 1 amide bonds. The van der Waals surface area contributed by atoms with Crippen LogP contribution in [0.5, 0.6) is 0 Å². The minimum atomic E-state index is -0.0793. The second-order valence-corrected chi connectivity index (χ2v) is 6.72. The molecule has 0 spiro atoms. The van der Waals surface area contributed by atoms with Crippen molar-refractivity contribution in [2.45, 2.75) is 10.1 Å². The maximum Gasteiger partial charge on any atom is 0.234 e. The standard InChI is InChI=1S/C17H16N4OS2/c1-23-14-9-5-8-13(10-14)18-15(22)11-24-17-19-16(20-21-17)12-6-3-2-4-7-12/h2-10H,11H2,1H3,(H,18,22)(H,19,20,21). The number of aromatic nitrogens is 3. The smallest absolute Gasteiger partial charge is 0.234 e. The summed E-state index contributed by atoms with van der Waals surface area (Å²) >= 11 is 2.94. The Balaban J connectivity index is 1.56. The van der Waals surface area contributed by atoms with Gasteiger partial charge in [0.1, 0.15) is 0 Å². The van der Waals surface area contributed by atoms with Crippen molar-refractivity contribution in [2.75, 3.05) is 17.3 Å². The fraction of sp³-hybridized carbons (Fsp3) is 0.118. The molecule has 1 heterocycles. The van der Waals surface area contributed by atoms with Crippen LogP contribution in [-0.2, 0) is 4.79 Å². The van der Waals surface area contributed by atoms with Crippen molar-refractivity contribution in [1.29, 1.82) is 0 Å². The summed E-state index contributed by atoms with van der Waals surface area (Å²) in [5.74, 6) is 0.880. The number of aromatic amines is 1. The molecule has 0 fully saturated rings. The van der Waals surface area contributed by atoms with E-state index in [-0.39, 0.29) is 11.7 Å². The Bertz CT molecular complexity index is 820. The monoisotopic (exact) mass is 356 g/mol. The molecule has 0 aliphatic carbocycles. The van der Waals surface area contributed by atoms with Crippen molar-refractivity contribution in [3.8, 4) is 11.4 Å². The van der Waals surface area contributed by atoms with Gasteiger partial charge in [0, 0.05) is 16.1 Å². The maximum absolute atomic E-state index is 12.1. The van der Waals surface area contributed by atoms with Crippen LogP contribution in [0.2, 0.25) is 0 Å². The molecule has 24 heavy (non-hydrogen) atoms. The number of hydrogen-bond acceptors (Lipinski definition) is 5. The molecule has 0 atom stereocenters. The summed E-state index contributed by atoms with van der Waals surface area (Å²) in [4.78, 5) is 17.6. The van der Waals surface area contributed by atoms with Crippen LogP contribution in [0.3, 0.4) is 0 Å². The van der Waals surface area contributed by atoms with Crippen molar-refractivity contribution in [3.05, 3.63) is 54.6 Å². The molecular weight excluding hydrogens is 340 g/mol. The lowest BCUT2D eigenvalue weighted by Crippen LogP contribution is -2.14. The van der Waals surface area contributed by atoms with Crippen LogP contribution in [0.1, 0.15) is 0 Å². The van der Waals surface area contributed by atoms with Gasteiger partial charge in [0.05, 0.1) is 5.75 Å². The Hall–Kier alpha value is -2.25. The third-order valence-electron chi connectivity index (χ3n) is 3.20. The molecule has 122 valence electrons. The van der Waals surface area contributed by atoms with Gasteiger partial charge in [0.25, 0.3) is 0 Å². The zero-order chi connectivity index (χ0) is 16.8. The highest BCUT2D eigenvalue weighted by Gasteiger charge is 2.09. The van der Waals surface area contributed by atoms with Crippen LogP contribution >= 0.6 is 23.5 Å². The molecule has 0 bridgehead atoms. The fourth-order valence-electron chi connectivity index (χ4n) is 2.06. The summed E-state index contributed by atoms with van der Waals surface area (Å²) < 4.78 is 0. The van der Waals surface area contributed by atoms with Crippen molar-refractivity contribution >= 4 is 35.1 Å². The Labute approximate surface area is 148 Å². The zero-order valence-corrected chi connectivity index (χ0v) is 14.7. The number of hydrogen-bond donors (Lipinski definition) is 2. The second-order valence-electron chi connectivity index (χ2n) is 4.90. The molecule has 5 nitrogen and oxygen atoms in total. The molecule has 0 saturated heterocycles. The second kappa shape index (κ2) is 8.03. The van der Waals surface area contributed by atoms with Gasteiger partial charge in [-0.25, -0.2) is 4.98 Å². The highest BCUT2D eigenvalue weighted by Crippen LogP contribution is 2.21. The van der Waals surface area contributed by atoms with Crippen LogP contribution in [0.25, 0.3) is 11.4 Å². The molecule has 3 aromatic rings. The van der Waals surface area contributed by atoms with E-state index in [4.69, 9.17) is 0 Å². The molecule has 3 rings (SSSR count). The van der Waals surface area contributed by atoms with E-state index in [1.807, 2.05) is 60.9 Å². The lowest BCUT2D eigenvalue weighted by Gasteiger charge is -2.05. The molecule has 2 N–H and O–H groups in total. The number of nitrogens with one attached hydrogen (secondary N) is 2. The highest BCUT2D eigenvalue weighted by atomic mass is 32.2. The van der Waals surface area contributed by atoms with Crippen molar-refractivity contribution in [3.63, 3.8) is 0 Å². The summed E-state index contributed by atoms with van der Waals surface area (Å²) in [6.07, 6.45) is 2.00. The number of rotatable bonds is 6. The van der Waals surface area contributed by atoms with Gasteiger partial charge in [0.15, 0.2) is 5.82 Å². The van der Waals surface area contributed by atoms with E-state index in [2.05, 4.69) is 20.5 Å². The summed E-state index contributed by atoms with van der Waals surface area (Å²) in [6.45, 7) is 0. The van der Waals surface area contributed by atoms with E-state index >= 15 is 0 Å². The normalized spacial score (nSPS) is 10.5. The maximum atomic E-state index is 12.1. The average Bonchev–Trinajstić information content (AvgIpc) is 3.10. The lowest BCUT2D eigenvalue weighted by molar-refractivity contribution is -0.113. The fourth-order valence-corrected chi connectivity index (χ4v) is 3.12. The molecule has 7 heteroatoms. The van der Waals surface area contributed by atoms with Crippen molar-refractivity contribution in [2.24, 2.45) is 0 Å². The molecule has 1 aromatic heterocycles. The van der Waals surface area contributed by atoms with E-state index in [1.54, 1.807) is 11.8 Å². The number of amides is 1. The first-order valence-corrected chi connectivity index (χ1v) is 9.50. The van der Waals surface area contributed by atoms with Gasteiger partial charge in [-0.2, -0.15) is 0 Å². The molecule has 0 saturated carbocycles. The Morgan fingerprint density at radius 2 is 2.00 bits per heavy atom. The Morgan fingerprint density at radius 3 is 2.79 bits per heavy atom. The Kier molecular flexibility index (Phi) is 5.55. The molecule has 0 radical (unpaired) electrons. The van der Waals surface area contributed by atoms with Gasteiger partial charge in [-0.05, 0) is 24.5 Å². The van der Waals surface area contributed by atoms with Crippen LogP contribution in [0.4, 0.5) is 5.69 Å². The van der Waals surface area contributed by atoms with E-state index in [1.165, 1.54) is 11.8 Å². The van der Waals surface area contributed by atoms with Gasteiger partial charge in [0.2, 0.25) is 11.1 Å². The first-order valence-electron chi connectivity index (χ1n) is 7.29. The van der Waals surface area contributed by atoms with Gasteiger partial charge in [-0.15, -0.1) is 16.9 Å². The summed E-state index contributed by atoms with van der Waals surface area (Å²) in [6, 6.07) is 17.5. The number of benzene rings is 2. The van der Waals surface area contributed by atoms with Crippen LogP contribution in [-0.4, -0.2) is 33.1 Å². The van der Waals surface area contributed by atoms with Gasteiger partial charge in [-0.3, -0.25) is 9.89 Å². The van der Waals surface area contributed by atoms with E-state index < -0.39 is 0 Å². The summed E-state index contributed by atoms with van der Waals surface area (Å²) in [7, 11) is 0. The predicted octanol–water partition coefficient (Wildman–Crippen LogP) is 3.92. The van der Waals surface area contributed by atoms with Gasteiger partial charge >= 0.3 is 0 Å². The van der Waals surface area contributed by atoms with Crippen molar-refractivity contribution < 1.29 is 4.79 Å². The molecule has 2 aromatic carbocycles. The lowest BCUT2D eigenvalue weighted by atomic mass is 10.2. The third-order valence-corrected chi connectivity index (χ3v) is 4.77. The molecule has 0 aliphatic heterocycles. The van der Waals surface area contributed by atoms with Crippen LogP contribution < -0.4 is 5.32 Å². The van der Waals surface area contributed by atoms with Crippen LogP contribution in [0, 0.1) is 0 Å². The number of carbonyl (C=O) groups is 1. The van der Waals surface area contributed by atoms with E-state index in [0.29, 0.717) is 11.0 Å². The molecule has 0 unspecified atom stereocenters. The molecule has 0 aliphatic rings. The largest absolute Gasteiger partial charge is 0.325 e. The molecular formula is C17H16N4OS2. The zero-order valence-electron chi connectivity index (χ0n) is 13.0. The number of carbonyl (C=O) groups excluding carboxylic acids is 1. The minimum absolute atomic E-state index is 0.0793. The third kappa shape index (κ3) is 4.39. The first kappa shape index (κ1) is 16.6. The number of anilines is 1. The minimum Gasteiger partial charge on any atom is -0.325 e. The summed E-state index contributed by atoms with van der Waals surface area (Å²) in [5.41, 5.74) is 1.77. The summed E-state index contributed by atoms with van der Waals surface area (Å²) in [5, 5.41) is 10.5. The highest BCUT2D eigenvalue weighted by molar-refractivity contribution is 7.99. The number of nitrogens with zero attached hydrogens (tertiary/aromatic N) is 2. The van der Waals surface area contributed by atoms with Crippen LogP contribution in [0.15, 0.2) is 64.6 Å². The predicted molar refractivity (Wildman–Crippen MR) is 99.4 cm³/mol. The average molecular weight is 356 g/mol. The van der Waals surface area contributed by atoms with Gasteiger partial charge < -0.3 is 5.32 Å².